The van der Waals surface area contributed by atoms with Crippen molar-refractivity contribution in [1.82, 2.24) is 9.99 Å². The van der Waals surface area contributed by atoms with E-state index in [0.717, 1.165) is 16.5 Å². The van der Waals surface area contributed by atoms with Crippen LogP contribution >= 0.6 is 11.6 Å². The Bertz CT molecular complexity index is 820. The summed E-state index contributed by atoms with van der Waals surface area (Å²) in [6.07, 6.45) is 1.96. The highest BCUT2D eigenvalue weighted by Crippen LogP contribution is 2.23. The molecule has 0 aliphatic carbocycles. The lowest BCUT2D eigenvalue weighted by atomic mass is 10.2. The van der Waals surface area contributed by atoms with Crippen LogP contribution in [0.2, 0.25) is 5.02 Å². The second-order valence-corrected chi connectivity index (χ2v) is 5.28. The first-order chi connectivity index (χ1) is 10.1. The maximum atomic E-state index is 11.6. The van der Waals surface area contributed by atoms with E-state index < -0.39 is 5.91 Å². The van der Waals surface area contributed by atoms with Gasteiger partial charge >= 0.3 is 5.91 Å². The van der Waals surface area contributed by atoms with Gasteiger partial charge in [0.1, 0.15) is 5.76 Å². The van der Waals surface area contributed by atoms with Gasteiger partial charge in [-0.25, -0.2) is 5.84 Å². The zero-order chi connectivity index (χ0) is 15.0. The van der Waals surface area contributed by atoms with E-state index in [1.807, 2.05) is 48.0 Å². The second-order valence-electron chi connectivity index (χ2n) is 4.85. The molecule has 1 amide bonds. The third kappa shape index (κ3) is 2.53. The lowest BCUT2D eigenvalue weighted by molar-refractivity contribution is 0.0923. The van der Waals surface area contributed by atoms with Crippen molar-refractivity contribution in [2.75, 3.05) is 0 Å². The normalized spacial score (nSPS) is 11.0. The van der Waals surface area contributed by atoms with Crippen LogP contribution in [-0.2, 0) is 6.54 Å². The van der Waals surface area contributed by atoms with Gasteiger partial charge in [-0.1, -0.05) is 17.7 Å². The van der Waals surface area contributed by atoms with Crippen LogP contribution in [0.1, 0.15) is 21.9 Å². The minimum absolute atomic E-state index is 0.238. The van der Waals surface area contributed by atoms with E-state index in [9.17, 15) is 4.79 Å². The van der Waals surface area contributed by atoms with Crippen LogP contribution in [0.5, 0.6) is 0 Å². The molecule has 0 saturated heterocycles. The largest absolute Gasteiger partial charge is 0.454 e. The van der Waals surface area contributed by atoms with Crippen molar-refractivity contribution in [2.45, 2.75) is 13.5 Å². The van der Waals surface area contributed by atoms with Crippen molar-refractivity contribution in [2.24, 2.45) is 5.84 Å². The number of nitrogens with zero attached hydrogens (tertiary/aromatic N) is 1. The van der Waals surface area contributed by atoms with Crippen LogP contribution in [0.15, 0.2) is 40.9 Å². The molecule has 2 aromatic heterocycles. The predicted molar refractivity (Wildman–Crippen MR) is 81.1 cm³/mol. The van der Waals surface area contributed by atoms with Crippen molar-refractivity contribution in [3.63, 3.8) is 0 Å². The molecule has 0 bridgehead atoms. The number of nitrogen functional groups attached to an aromatic ring is 1. The molecule has 6 heteroatoms. The number of halogens is 1. The fourth-order valence-corrected chi connectivity index (χ4v) is 2.55. The van der Waals surface area contributed by atoms with Gasteiger partial charge in [-0.05, 0) is 36.6 Å². The Hall–Kier alpha value is -2.24. The molecule has 0 radical (unpaired) electrons. The third-order valence-electron chi connectivity index (χ3n) is 3.37. The molecule has 0 saturated carbocycles. The molecule has 1 aromatic carbocycles. The number of carbonyl (C=O) groups excluding carboxylic acids is 1. The lowest BCUT2D eigenvalue weighted by Gasteiger charge is -2.03. The zero-order valence-electron chi connectivity index (χ0n) is 11.4. The molecule has 0 spiro atoms. The number of rotatable bonds is 3. The van der Waals surface area contributed by atoms with Crippen LogP contribution in [0.4, 0.5) is 0 Å². The minimum Gasteiger partial charge on any atom is -0.454 e. The summed E-state index contributed by atoms with van der Waals surface area (Å²) in [4.78, 5) is 11.6. The number of benzene rings is 1. The molecule has 5 nitrogen and oxygen atoms in total. The van der Waals surface area contributed by atoms with E-state index in [1.165, 1.54) is 0 Å². The molecule has 3 N–H and O–H groups in total. The first-order valence-electron chi connectivity index (χ1n) is 6.43. The molecular weight excluding hydrogens is 290 g/mol. The van der Waals surface area contributed by atoms with Gasteiger partial charge in [0.2, 0.25) is 0 Å². The maximum absolute atomic E-state index is 11.6. The number of hydrogen-bond donors (Lipinski definition) is 2. The van der Waals surface area contributed by atoms with Crippen LogP contribution in [0.25, 0.3) is 10.9 Å². The molecule has 0 unspecified atom stereocenters. The standard InChI is InChI=1S/C15H14ClN3O2/c1-9-6-12(21-14(9)15(20)18-17)8-19-5-4-10-2-3-11(16)7-13(10)19/h2-7H,8,17H2,1H3,(H,18,20). The maximum Gasteiger partial charge on any atom is 0.301 e. The first kappa shape index (κ1) is 13.7. The van der Waals surface area contributed by atoms with Gasteiger partial charge in [0, 0.05) is 22.3 Å². The Morgan fingerprint density at radius 3 is 2.95 bits per heavy atom. The Morgan fingerprint density at radius 1 is 1.38 bits per heavy atom. The minimum atomic E-state index is -0.431. The fourth-order valence-electron chi connectivity index (χ4n) is 2.38. The summed E-state index contributed by atoms with van der Waals surface area (Å²) in [5.41, 5.74) is 3.84. The molecule has 0 aliphatic rings. The number of carbonyl (C=O) groups is 1. The summed E-state index contributed by atoms with van der Waals surface area (Å²) in [5, 5.41) is 1.78. The van der Waals surface area contributed by atoms with Crippen molar-refractivity contribution >= 4 is 28.4 Å². The number of hydrogen-bond acceptors (Lipinski definition) is 3. The molecule has 0 atom stereocenters. The van der Waals surface area contributed by atoms with Crippen LogP contribution in [0.3, 0.4) is 0 Å². The van der Waals surface area contributed by atoms with E-state index in [2.05, 4.69) is 5.43 Å². The average Bonchev–Trinajstić information content (AvgIpc) is 3.02. The molecule has 3 rings (SSSR count). The zero-order valence-corrected chi connectivity index (χ0v) is 12.1. The Morgan fingerprint density at radius 2 is 2.19 bits per heavy atom. The highest BCUT2D eigenvalue weighted by atomic mass is 35.5. The monoisotopic (exact) mass is 303 g/mol. The van der Waals surface area contributed by atoms with Gasteiger partial charge in [0.15, 0.2) is 5.76 Å². The topological polar surface area (TPSA) is 73.2 Å². The first-order valence-corrected chi connectivity index (χ1v) is 6.81. The number of aryl methyl sites for hydroxylation is 1. The van der Waals surface area contributed by atoms with Crippen molar-refractivity contribution in [3.05, 3.63) is 58.6 Å². The Labute approximate surface area is 126 Å². The van der Waals surface area contributed by atoms with Gasteiger partial charge in [0.05, 0.1) is 6.54 Å². The second kappa shape index (κ2) is 5.27. The van der Waals surface area contributed by atoms with Crippen LogP contribution in [0, 0.1) is 6.92 Å². The molecule has 21 heavy (non-hydrogen) atoms. The van der Waals surface area contributed by atoms with E-state index >= 15 is 0 Å². The highest BCUT2D eigenvalue weighted by Gasteiger charge is 2.15. The third-order valence-corrected chi connectivity index (χ3v) is 3.60. The average molecular weight is 304 g/mol. The summed E-state index contributed by atoms with van der Waals surface area (Å²) in [6.45, 7) is 2.32. The number of hydrazine groups is 1. The highest BCUT2D eigenvalue weighted by molar-refractivity contribution is 6.31. The number of furan rings is 1. The molecule has 2 heterocycles. The van der Waals surface area contributed by atoms with Gasteiger partial charge in [-0.2, -0.15) is 0 Å². The summed E-state index contributed by atoms with van der Waals surface area (Å²) in [5.74, 6) is 5.62. The quantitative estimate of drug-likeness (QED) is 0.444. The number of nitrogens with two attached hydrogens (primary N) is 1. The lowest BCUT2D eigenvalue weighted by Crippen LogP contribution is -2.30. The number of nitrogens with one attached hydrogen (secondary N) is 1. The smallest absolute Gasteiger partial charge is 0.301 e. The number of amides is 1. The number of aromatic nitrogens is 1. The SMILES string of the molecule is Cc1cc(Cn2ccc3ccc(Cl)cc32)oc1C(=O)NN. The van der Waals surface area contributed by atoms with Crippen molar-refractivity contribution in [1.29, 1.82) is 0 Å². The molecule has 0 fully saturated rings. The summed E-state index contributed by atoms with van der Waals surface area (Å²) in [7, 11) is 0. The van der Waals surface area contributed by atoms with Gasteiger partial charge in [-0.15, -0.1) is 0 Å². The fraction of sp³-hybridized carbons (Fsp3) is 0.133. The van der Waals surface area contributed by atoms with Crippen molar-refractivity contribution in [3.8, 4) is 0 Å². The van der Waals surface area contributed by atoms with E-state index in [-0.39, 0.29) is 5.76 Å². The van der Waals surface area contributed by atoms with E-state index in [0.29, 0.717) is 17.3 Å². The summed E-state index contributed by atoms with van der Waals surface area (Å²) < 4.78 is 7.59. The summed E-state index contributed by atoms with van der Waals surface area (Å²) >= 11 is 6.04. The van der Waals surface area contributed by atoms with Crippen molar-refractivity contribution < 1.29 is 9.21 Å². The van der Waals surface area contributed by atoms with Gasteiger partial charge < -0.3 is 8.98 Å². The van der Waals surface area contributed by atoms with Gasteiger partial charge in [0.25, 0.3) is 0 Å². The van der Waals surface area contributed by atoms with Crippen LogP contribution in [-0.4, -0.2) is 10.5 Å². The van der Waals surface area contributed by atoms with E-state index in [4.69, 9.17) is 21.9 Å². The molecule has 0 aliphatic heterocycles. The van der Waals surface area contributed by atoms with Gasteiger partial charge in [-0.3, -0.25) is 10.2 Å². The Kier molecular flexibility index (Phi) is 3.45. The predicted octanol–water partition coefficient (Wildman–Crippen LogP) is 2.85. The van der Waals surface area contributed by atoms with E-state index in [1.54, 1.807) is 0 Å². The number of fused-ring (bicyclic) bond motifs is 1. The van der Waals surface area contributed by atoms with Crippen LogP contribution < -0.4 is 11.3 Å². The Balaban J connectivity index is 1.95. The molecular formula is C15H14ClN3O2. The molecule has 108 valence electrons. The summed E-state index contributed by atoms with van der Waals surface area (Å²) in [6, 6.07) is 9.57. The molecule has 3 aromatic rings.